The van der Waals surface area contributed by atoms with Crippen molar-refractivity contribution in [3.05, 3.63) is 58.3 Å². The highest BCUT2D eigenvalue weighted by atomic mass is 19.3. The first-order valence-corrected chi connectivity index (χ1v) is 7.39. The van der Waals surface area contributed by atoms with Gasteiger partial charge in [0, 0.05) is 29.2 Å². The van der Waals surface area contributed by atoms with Gasteiger partial charge in [-0.05, 0) is 24.2 Å². The van der Waals surface area contributed by atoms with E-state index in [1.807, 2.05) is 0 Å². The smallest absolute Gasteiger partial charge is 0.346 e. The van der Waals surface area contributed by atoms with Crippen LogP contribution in [0.2, 0.25) is 0 Å². The fraction of sp³-hybridized carbons (Fsp3) is 0.278. The molecule has 0 heterocycles. The predicted molar refractivity (Wildman–Crippen MR) is 79.9 cm³/mol. The summed E-state index contributed by atoms with van der Waals surface area (Å²) in [5, 5.41) is 29.8. The van der Waals surface area contributed by atoms with Crippen LogP contribution < -0.4 is 4.74 Å². The van der Waals surface area contributed by atoms with Crippen LogP contribution >= 0.6 is 0 Å². The fourth-order valence-corrected chi connectivity index (χ4v) is 3.40. The van der Waals surface area contributed by atoms with Crippen LogP contribution in [0.15, 0.2) is 30.3 Å². The summed E-state index contributed by atoms with van der Waals surface area (Å²) in [6.07, 6.45) is -4.57. The maximum absolute atomic E-state index is 14.4. The molecule has 27 heavy (non-hydrogen) atoms. The van der Waals surface area contributed by atoms with E-state index in [0.29, 0.717) is 12.1 Å². The van der Waals surface area contributed by atoms with Crippen molar-refractivity contribution in [2.24, 2.45) is 0 Å². The lowest BCUT2D eigenvalue weighted by Crippen LogP contribution is -2.48. The molecule has 4 nitrogen and oxygen atoms in total. The maximum atomic E-state index is 14.4. The van der Waals surface area contributed by atoms with E-state index in [1.54, 1.807) is 0 Å². The predicted octanol–water partition coefficient (Wildman–Crippen LogP) is 3.86. The lowest BCUT2D eigenvalue weighted by Gasteiger charge is -2.30. The third-order valence-corrected chi connectivity index (χ3v) is 4.56. The summed E-state index contributed by atoms with van der Waals surface area (Å²) in [4.78, 5) is 0. The average molecular weight is 387 g/mol. The number of ether oxygens (including phenoxy) is 1. The van der Waals surface area contributed by atoms with Crippen molar-refractivity contribution < 1.29 is 42.4 Å². The largest absolute Gasteiger partial charge is 0.457 e. The van der Waals surface area contributed by atoms with Gasteiger partial charge in [-0.25, -0.2) is 4.39 Å². The monoisotopic (exact) mass is 387 g/mol. The van der Waals surface area contributed by atoms with Crippen LogP contribution in [0, 0.1) is 17.1 Å². The Balaban J connectivity index is 1.99. The molecule has 0 saturated carbocycles. The Morgan fingerprint density at radius 1 is 1.26 bits per heavy atom. The summed E-state index contributed by atoms with van der Waals surface area (Å²) in [7, 11) is 0. The van der Waals surface area contributed by atoms with Crippen LogP contribution in [-0.2, 0) is 11.5 Å². The Hall–Kier alpha value is -2.70. The standard InChI is InChI=1S/C18H10F5NO3/c19-9-3-8(7-24)4-10(5-9)27-13-2-1-11-15-14(13)12(25)6-16(15,26)18(22,23)17(11,20)21/h1-5,12,25-26H,6H2/t12-,16-/m1/s1/i3D,4D,5D,12D. The molecule has 140 valence electrons. The summed E-state index contributed by atoms with van der Waals surface area (Å²) < 4.78 is 108. The van der Waals surface area contributed by atoms with Crippen molar-refractivity contribution in [2.75, 3.05) is 0 Å². The molecule has 0 radical (unpaired) electrons. The topological polar surface area (TPSA) is 73.5 Å². The van der Waals surface area contributed by atoms with Gasteiger partial charge in [-0.3, -0.25) is 0 Å². The molecule has 0 bridgehead atoms. The summed E-state index contributed by atoms with van der Waals surface area (Å²) >= 11 is 0. The SMILES string of the molecule is [2H]c1c(F)c([2H])c(Oc2ccc3c4c2[C@]([2H])(O)C[C@]4(O)C(F)(F)C3(F)F)c([2H])c1C#N. The van der Waals surface area contributed by atoms with Crippen LogP contribution in [0.1, 0.15) is 40.2 Å². The van der Waals surface area contributed by atoms with E-state index in [1.165, 1.54) is 6.07 Å². The second-order valence-electron chi connectivity index (χ2n) is 6.10. The molecule has 0 aromatic heterocycles. The second kappa shape index (κ2) is 5.18. The number of benzene rings is 2. The molecule has 0 aliphatic heterocycles. The van der Waals surface area contributed by atoms with Gasteiger partial charge in [0.2, 0.25) is 0 Å². The Morgan fingerprint density at radius 2 is 1.96 bits per heavy atom. The number of alkyl halides is 4. The highest BCUT2D eigenvalue weighted by Gasteiger charge is 2.78. The van der Waals surface area contributed by atoms with E-state index < -0.39 is 87.6 Å². The van der Waals surface area contributed by atoms with Crippen molar-refractivity contribution in [2.45, 2.75) is 29.9 Å². The Morgan fingerprint density at radius 3 is 2.63 bits per heavy atom. The highest BCUT2D eigenvalue weighted by Crippen LogP contribution is 2.68. The van der Waals surface area contributed by atoms with Gasteiger partial charge in [-0.2, -0.15) is 22.8 Å². The van der Waals surface area contributed by atoms with E-state index in [9.17, 15) is 32.2 Å². The molecule has 2 aliphatic carbocycles. The van der Waals surface area contributed by atoms with E-state index in [-0.39, 0.29) is 0 Å². The molecular formula is C18H10F5NO3. The minimum Gasteiger partial charge on any atom is -0.457 e. The summed E-state index contributed by atoms with van der Waals surface area (Å²) in [5.74, 6) is -13.2. The second-order valence-corrected chi connectivity index (χ2v) is 6.10. The maximum Gasteiger partial charge on any atom is 0.346 e. The molecule has 0 fully saturated rings. The van der Waals surface area contributed by atoms with Gasteiger partial charge in [0.25, 0.3) is 0 Å². The Kier molecular flexibility index (Phi) is 2.58. The van der Waals surface area contributed by atoms with E-state index in [2.05, 4.69) is 0 Å². The number of hydrogen-bond acceptors (Lipinski definition) is 4. The fourth-order valence-electron chi connectivity index (χ4n) is 3.40. The zero-order chi connectivity index (χ0) is 23.3. The van der Waals surface area contributed by atoms with Crippen LogP contribution in [-0.4, -0.2) is 16.1 Å². The summed E-state index contributed by atoms with van der Waals surface area (Å²) in [6, 6.07) is -0.666. The van der Waals surface area contributed by atoms with Gasteiger partial charge in [0.1, 0.15) is 17.3 Å². The number of nitriles is 1. The molecule has 4 rings (SSSR count). The highest BCUT2D eigenvalue weighted by molar-refractivity contribution is 5.60. The van der Waals surface area contributed by atoms with Crippen molar-refractivity contribution >= 4 is 0 Å². The number of hydrogen-bond donors (Lipinski definition) is 2. The van der Waals surface area contributed by atoms with Gasteiger partial charge < -0.3 is 14.9 Å². The minimum atomic E-state index is -5.07. The lowest BCUT2D eigenvalue weighted by atomic mass is 9.94. The number of aliphatic hydroxyl groups is 2. The summed E-state index contributed by atoms with van der Waals surface area (Å²) in [6.45, 7) is 0. The first-order chi connectivity index (χ1) is 14.1. The van der Waals surface area contributed by atoms with Gasteiger partial charge >= 0.3 is 11.8 Å². The quantitative estimate of drug-likeness (QED) is 0.768. The van der Waals surface area contributed by atoms with Crippen molar-refractivity contribution in [3.8, 4) is 17.6 Å². The molecule has 9 heteroatoms. The van der Waals surface area contributed by atoms with Crippen LogP contribution in [0.4, 0.5) is 22.0 Å². The van der Waals surface area contributed by atoms with Gasteiger partial charge in [-0.1, -0.05) is 0 Å². The molecule has 0 saturated heterocycles. The zero-order valence-electron chi connectivity index (χ0n) is 17.0. The van der Waals surface area contributed by atoms with E-state index in [4.69, 9.17) is 15.5 Å². The average Bonchev–Trinajstić information content (AvgIpc) is 2.96. The lowest BCUT2D eigenvalue weighted by molar-refractivity contribution is -0.289. The van der Waals surface area contributed by atoms with Crippen molar-refractivity contribution in [1.29, 1.82) is 5.26 Å². The van der Waals surface area contributed by atoms with Crippen LogP contribution in [0.5, 0.6) is 11.5 Å². The molecule has 0 amide bonds. The van der Waals surface area contributed by atoms with E-state index in [0.717, 1.165) is 0 Å². The molecule has 2 atom stereocenters. The molecule has 2 aliphatic rings. The third-order valence-electron chi connectivity index (χ3n) is 4.56. The first kappa shape index (κ1) is 13.5. The van der Waals surface area contributed by atoms with E-state index >= 15 is 0 Å². The van der Waals surface area contributed by atoms with Gasteiger partial charge in [0.05, 0.1) is 23.2 Å². The van der Waals surface area contributed by atoms with Crippen LogP contribution in [0.25, 0.3) is 0 Å². The molecule has 0 spiro atoms. The minimum absolute atomic E-state index is 0.467. The molecule has 2 aromatic rings. The van der Waals surface area contributed by atoms with Gasteiger partial charge in [0.15, 0.2) is 5.60 Å². The van der Waals surface area contributed by atoms with Crippen LogP contribution in [0.3, 0.4) is 0 Å². The Labute approximate surface area is 154 Å². The zero-order valence-corrected chi connectivity index (χ0v) is 13.0. The molecule has 0 unspecified atom stereocenters. The molecule has 2 aromatic carbocycles. The number of rotatable bonds is 2. The normalized spacial score (nSPS) is 31.3. The Bertz CT molecular complexity index is 1210. The third kappa shape index (κ3) is 2.08. The van der Waals surface area contributed by atoms with Crippen molar-refractivity contribution in [3.63, 3.8) is 0 Å². The molecule has 2 N–H and O–H groups in total. The number of halogens is 5. The first-order valence-electron chi connectivity index (χ1n) is 9.39. The van der Waals surface area contributed by atoms with Gasteiger partial charge in [-0.15, -0.1) is 0 Å². The van der Waals surface area contributed by atoms with Crippen molar-refractivity contribution in [1.82, 2.24) is 0 Å². The number of nitrogens with zero attached hydrogens (tertiary/aromatic N) is 1. The summed E-state index contributed by atoms with van der Waals surface area (Å²) in [5.41, 5.74) is -7.87. The molecular weight excluding hydrogens is 373 g/mol.